The van der Waals surface area contributed by atoms with Gasteiger partial charge in [-0.15, -0.1) is 0 Å². The van der Waals surface area contributed by atoms with Crippen LogP contribution in [0.5, 0.6) is 0 Å². The predicted molar refractivity (Wildman–Crippen MR) is 105 cm³/mol. The molecule has 1 aliphatic rings. The SMILES string of the molecule is O=C(CCc1ncc(-c2ccc(F)cc2F)o1)N1CCC(c2ccccc2)CC1. The number of carbonyl (C=O) groups excluding carboxylic acids is 1. The van der Waals surface area contributed by atoms with E-state index in [2.05, 4.69) is 29.2 Å². The molecule has 0 spiro atoms. The molecule has 29 heavy (non-hydrogen) atoms. The summed E-state index contributed by atoms with van der Waals surface area (Å²) in [4.78, 5) is 18.6. The monoisotopic (exact) mass is 396 g/mol. The van der Waals surface area contributed by atoms with Crippen molar-refractivity contribution in [3.63, 3.8) is 0 Å². The molecule has 0 radical (unpaired) electrons. The molecule has 1 amide bonds. The lowest BCUT2D eigenvalue weighted by molar-refractivity contribution is -0.132. The first-order valence-electron chi connectivity index (χ1n) is 9.83. The van der Waals surface area contributed by atoms with Gasteiger partial charge in [-0.3, -0.25) is 4.79 Å². The van der Waals surface area contributed by atoms with Crippen molar-refractivity contribution < 1.29 is 18.0 Å². The van der Waals surface area contributed by atoms with Crippen molar-refractivity contribution in [1.29, 1.82) is 0 Å². The number of aromatic nitrogens is 1. The maximum Gasteiger partial charge on any atom is 0.223 e. The lowest BCUT2D eigenvalue weighted by Gasteiger charge is -2.32. The van der Waals surface area contributed by atoms with Crippen LogP contribution in [0.15, 0.2) is 59.1 Å². The number of carbonyl (C=O) groups is 1. The Hall–Kier alpha value is -3.02. The van der Waals surface area contributed by atoms with Crippen molar-refractivity contribution in [3.8, 4) is 11.3 Å². The van der Waals surface area contributed by atoms with Crippen LogP contribution < -0.4 is 0 Å². The topological polar surface area (TPSA) is 46.3 Å². The number of piperidine rings is 1. The normalized spacial score (nSPS) is 14.9. The average molecular weight is 396 g/mol. The fourth-order valence-corrected chi connectivity index (χ4v) is 3.80. The van der Waals surface area contributed by atoms with E-state index in [4.69, 9.17) is 4.42 Å². The Labute approximate surface area is 168 Å². The molecule has 1 saturated heterocycles. The van der Waals surface area contributed by atoms with Crippen molar-refractivity contribution in [2.75, 3.05) is 13.1 Å². The van der Waals surface area contributed by atoms with Gasteiger partial charge in [0, 0.05) is 32.0 Å². The third kappa shape index (κ3) is 4.53. The molecule has 150 valence electrons. The number of nitrogens with zero attached hydrogens (tertiary/aromatic N) is 2. The fourth-order valence-electron chi connectivity index (χ4n) is 3.80. The second kappa shape index (κ2) is 8.55. The Morgan fingerprint density at radius 2 is 1.86 bits per heavy atom. The van der Waals surface area contributed by atoms with Crippen LogP contribution in [0.3, 0.4) is 0 Å². The Morgan fingerprint density at radius 1 is 1.10 bits per heavy atom. The summed E-state index contributed by atoms with van der Waals surface area (Å²) in [5.41, 5.74) is 1.49. The molecule has 0 aliphatic carbocycles. The van der Waals surface area contributed by atoms with Crippen LogP contribution in [0, 0.1) is 11.6 Å². The van der Waals surface area contributed by atoms with Gasteiger partial charge in [0.2, 0.25) is 5.91 Å². The molecule has 0 bridgehead atoms. The largest absolute Gasteiger partial charge is 0.441 e. The van der Waals surface area contributed by atoms with E-state index in [1.165, 1.54) is 23.9 Å². The number of likely N-dealkylation sites (tertiary alicyclic amines) is 1. The second-order valence-corrected chi connectivity index (χ2v) is 7.31. The minimum Gasteiger partial charge on any atom is -0.441 e. The Bertz CT molecular complexity index is 980. The van der Waals surface area contributed by atoms with Crippen LogP contribution in [0.25, 0.3) is 11.3 Å². The predicted octanol–water partition coefficient (Wildman–Crippen LogP) is 4.96. The van der Waals surface area contributed by atoms with Crippen molar-refractivity contribution in [2.45, 2.75) is 31.6 Å². The van der Waals surface area contributed by atoms with Crippen LogP contribution in [0.2, 0.25) is 0 Å². The molecule has 6 heteroatoms. The molecule has 1 fully saturated rings. The van der Waals surface area contributed by atoms with Gasteiger partial charge in [-0.2, -0.15) is 0 Å². The van der Waals surface area contributed by atoms with Crippen LogP contribution in [-0.2, 0) is 11.2 Å². The lowest BCUT2D eigenvalue weighted by Crippen LogP contribution is -2.38. The van der Waals surface area contributed by atoms with Crippen molar-refractivity contribution in [2.24, 2.45) is 0 Å². The van der Waals surface area contributed by atoms with Crippen LogP contribution in [-0.4, -0.2) is 28.9 Å². The minimum atomic E-state index is -0.704. The van der Waals surface area contributed by atoms with E-state index in [9.17, 15) is 13.6 Å². The minimum absolute atomic E-state index is 0.0734. The van der Waals surface area contributed by atoms with Crippen LogP contribution >= 0.6 is 0 Å². The molecule has 0 saturated carbocycles. The Morgan fingerprint density at radius 3 is 2.59 bits per heavy atom. The molecule has 0 unspecified atom stereocenters. The highest BCUT2D eigenvalue weighted by atomic mass is 19.1. The summed E-state index contributed by atoms with van der Waals surface area (Å²) in [5.74, 6) is -0.174. The zero-order chi connectivity index (χ0) is 20.2. The van der Waals surface area contributed by atoms with Gasteiger partial charge >= 0.3 is 0 Å². The third-order valence-electron chi connectivity index (χ3n) is 5.42. The summed E-state index contributed by atoms with van der Waals surface area (Å²) in [6, 6.07) is 13.7. The van der Waals surface area contributed by atoms with E-state index in [1.807, 2.05) is 11.0 Å². The lowest BCUT2D eigenvalue weighted by atomic mass is 9.89. The maximum absolute atomic E-state index is 13.9. The number of oxazole rings is 1. The summed E-state index contributed by atoms with van der Waals surface area (Å²) in [6.07, 6.45) is 3.97. The van der Waals surface area contributed by atoms with Crippen LogP contribution in [0.1, 0.15) is 36.6 Å². The molecule has 2 aromatic carbocycles. The van der Waals surface area contributed by atoms with Gasteiger partial charge in [0.15, 0.2) is 11.7 Å². The van der Waals surface area contributed by atoms with E-state index < -0.39 is 11.6 Å². The molecule has 3 aromatic rings. The first-order valence-corrected chi connectivity index (χ1v) is 9.83. The molecular weight excluding hydrogens is 374 g/mol. The van der Waals surface area contributed by atoms with Crippen molar-refractivity contribution >= 4 is 5.91 Å². The van der Waals surface area contributed by atoms with E-state index >= 15 is 0 Å². The van der Waals surface area contributed by atoms with Gasteiger partial charge in [-0.1, -0.05) is 30.3 Å². The van der Waals surface area contributed by atoms with Gasteiger partial charge in [0.05, 0.1) is 11.8 Å². The molecule has 1 aliphatic heterocycles. The number of rotatable bonds is 5. The summed E-state index contributed by atoms with van der Waals surface area (Å²) in [6.45, 7) is 1.49. The molecule has 4 rings (SSSR count). The standard InChI is InChI=1S/C23H22F2N2O2/c24-18-6-7-19(20(25)14-18)21-15-26-22(29-21)8-9-23(28)27-12-10-17(11-13-27)16-4-2-1-3-5-16/h1-7,14-15,17H,8-13H2. The van der Waals surface area contributed by atoms with Gasteiger partial charge in [0.1, 0.15) is 11.6 Å². The first kappa shape index (κ1) is 19.3. The molecule has 4 nitrogen and oxygen atoms in total. The van der Waals surface area contributed by atoms with E-state index in [0.29, 0.717) is 24.7 Å². The first-order chi connectivity index (χ1) is 14.1. The average Bonchev–Trinajstić information content (AvgIpc) is 3.21. The Balaban J connectivity index is 1.30. The smallest absolute Gasteiger partial charge is 0.223 e. The highest BCUT2D eigenvalue weighted by Gasteiger charge is 2.24. The number of halogens is 2. The summed E-state index contributed by atoms with van der Waals surface area (Å²) >= 11 is 0. The highest BCUT2D eigenvalue weighted by molar-refractivity contribution is 5.76. The highest BCUT2D eigenvalue weighted by Crippen LogP contribution is 2.28. The van der Waals surface area contributed by atoms with Gasteiger partial charge in [-0.25, -0.2) is 13.8 Å². The Kier molecular flexibility index (Phi) is 5.69. The zero-order valence-corrected chi connectivity index (χ0v) is 16.0. The summed E-state index contributed by atoms with van der Waals surface area (Å²) in [7, 11) is 0. The van der Waals surface area contributed by atoms with Crippen molar-refractivity contribution in [1.82, 2.24) is 9.88 Å². The number of hydrogen-bond acceptors (Lipinski definition) is 3. The summed E-state index contributed by atoms with van der Waals surface area (Å²) < 4.78 is 32.5. The summed E-state index contributed by atoms with van der Waals surface area (Å²) in [5, 5.41) is 0. The third-order valence-corrected chi connectivity index (χ3v) is 5.42. The number of amides is 1. The van der Waals surface area contributed by atoms with Gasteiger partial charge in [-0.05, 0) is 36.5 Å². The number of hydrogen-bond donors (Lipinski definition) is 0. The molecule has 0 N–H and O–H groups in total. The van der Waals surface area contributed by atoms with Crippen molar-refractivity contribution in [3.05, 3.63) is 77.8 Å². The molecule has 0 atom stereocenters. The van der Waals surface area contributed by atoms with Crippen LogP contribution in [0.4, 0.5) is 8.78 Å². The zero-order valence-electron chi connectivity index (χ0n) is 16.0. The number of aryl methyl sites for hydroxylation is 1. The fraction of sp³-hybridized carbons (Fsp3) is 0.304. The van der Waals surface area contributed by atoms with E-state index in [1.54, 1.807) is 0 Å². The molecule has 2 heterocycles. The van der Waals surface area contributed by atoms with E-state index in [0.717, 1.165) is 32.0 Å². The quantitative estimate of drug-likeness (QED) is 0.612. The maximum atomic E-state index is 13.9. The molecular formula is C23H22F2N2O2. The van der Waals surface area contributed by atoms with Gasteiger partial charge < -0.3 is 9.32 Å². The van der Waals surface area contributed by atoms with E-state index in [-0.39, 0.29) is 17.2 Å². The number of benzene rings is 2. The molecule has 1 aromatic heterocycles. The second-order valence-electron chi connectivity index (χ2n) is 7.31. The van der Waals surface area contributed by atoms with Gasteiger partial charge in [0.25, 0.3) is 0 Å².